The zero-order valence-electron chi connectivity index (χ0n) is 19.8. The molecular formula is C29H19Cl2N5O2. The second-order valence-electron chi connectivity index (χ2n) is 8.87. The summed E-state index contributed by atoms with van der Waals surface area (Å²) in [5.74, 6) is 0.388. The van der Waals surface area contributed by atoms with Gasteiger partial charge in [0.2, 0.25) is 5.95 Å². The summed E-state index contributed by atoms with van der Waals surface area (Å²) in [7, 11) is 0. The fourth-order valence-corrected chi connectivity index (χ4v) is 4.92. The van der Waals surface area contributed by atoms with Crippen molar-refractivity contribution < 1.29 is 4.92 Å². The van der Waals surface area contributed by atoms with Gasteiger partial charge in [-0.1, -0.05) is 77.8 Å². The Kier molecular flexibility index (Phi) is 6.23. The number of hydrazone groups is 1. The Morgan fingerprint density at radius 2 is 1.58 bits per heavy atom. The largest absolute Gasteiger partial charge is 0.269 e. The lowest BCUT2D eigenvalue weighted by molar-refractivity contribution is -0.384. The molecule has 0 saturated carbocycles. The van der Waals surface area contributed by atoms with Crippen LogP contribution in [-0.4, -0.2) is 20.6 Å². The molecule has 4 aromatic carbocycles. The number of benzene rings is 4. The van der Waals surface area contributed by atoms with Crippen LogP contribution in [0.5, 0.6) is 0 Å². The number of nitro benzene ring substituents is 1. The van der Waals surface area contributed by atoms with Gasteiger partial charge in [0.15, 0.2) is 0 Å². The van der Waals surface area contributed by atoms with Gasteiger partial charge in [-0.15, -0.1) is 0 Å². The summed E-state index contributed by atoms with van der Waals surface area (Å²) in [4.78, 5) is 21.0. The van der Waals surface area contributed by atoms with E-state index in [2.05, 4.69) is 0 Å². The Bertz CT molecular complexity index is 1710. The van der Waals surface area contributed by atoms with Crippen LogP contribution in [0.15, 0.2) is 102 Å². The summed E-state index contributed by atoms with van der Waals surface area (Å²) in [5.41, 5.74) is 4.82. The molecule has 1 atom stereocenters. The molecule has 6 rings (SSSR count). The van der Waals surface area contributed by atoms with E-state index in [9.17, 15) is 10.1 Å². The van der Waals surface area contributed by atoms with Crippen molar-refractivity contribution in [3.8, 4) is 11.3 Å². The van der Waals surface area contributed by atoms with Crippen molar-refractivity contribution in [3.05, 3.63) is 128 Å². The van der Waals surface area contributed by atoms with Gasteiger partial charge in [-0.05, 0) is 41.5 Å². The number of nitrogens with zero attached hydrogens (tertiary/aromatic N) is 5. The molecule has 9 heteroatoms. The maximum absolute atomic E-state index is 11.5. The molecule has 2 heterocycles. The number of rotatable bonds is 5. The highest BCUT2D eigenvalue weighted by molar-refractivity contribution is 6.31. The molecule has 0 radical (unpaired) electrons. The quantitative estimate of drug-likeness (QED) is 0.167. The minimum absolute atomic E-state index is 0.0152. The molecule has 5 aromatic rings. The maximum Gasteiger partial charge on any atom is 0.269 e. The standard InChI is InChI=1S/C29H19Cl2N5O2/c30-21-11-9-18(10-12-21)26-17-27(20-7-4-8-23(15-20)36(37)38)35(34-26)29-32-25-14-13-22(31)16-24(25)28(33-29)19-5-2-1-3-6-19/h1-16,27H,17H2/t27-/m1/s1. The molecule has 1 aliphatic heterocycles. The second-order valence-corrected chi connectivity index (χ2v) is 9.74. The topological polar surface area (TPSA) is 84.5 Å². The third-order valence-electron chi connectivity index (χ3n) is 6.45. The molecule has 7 nitrogen and oxygen atoms in total. The summed E-state index contributed by atoms with van der Waals surface area (Å²) >= 11 is 12.4. The van der Waals surface area contributed by atoms with E-state index in [4.69, 9.17) is 38.3 Å². The first-order chi connectivity index (χ1) is 18.5. The second kappa shape index (κ2) is 9.85. The van der Waals surface area contributed by atoms with Crippen molar-refractivity contribution in [2.45, 2.75) is 12.5 Å². The van der Waals surface area contributed by atoms with Crippen LogP contribution in [0.3, 0.4) is 0 Å². The third-order valence-corrected chi connectivity index (χ3v) is 6.94. The highest BCUT2D eigenvalue weighted by atomic mass is 35.5. The van der Waals surface area contributed by atoms with E-state index in [1.54, 1.807) is 23.2 Å². The lowest BCUT2D eigenvalue weighted by Crippen LogP contribution is -2.21. The Morgan fingerprint density at radius 1 is 0.816 bits per heavy atom. The monoisotopic (exact) mass is 539 g/mol. The van der Waals surface area contributed by atoms with E-state index in [0.29, 0.717) is 27.9 Å². The van der Waals surface area contributed by atoms with E-state index >= 15 is 0 Å². The number of halogens is 2. The number of non-ortho nitro benzene ring substituents is 1. The number of nitro groups is 1. The smallest absolute Gasteiger partial charge is 0.258 e. The highest BCUT2D eigenvalue weighted by Gasteiger charge is 2.33. The molecule has 0 fully saturated rings. The fourth-order valence-electron chi connectivity index (χ4n) is 4.62. The van der Waals surface area contributed by atoms with E-state index in [0.717, 1.165) is 33.5 Å². The van der Waals surface area contributed by atoms with Gasteiger partial charge in [-0.3, -0.25) is 10.1 Å². The molecule has 186 valence electrons. The Balaban J connectivity index is 1.54. The Hall–Kier alpha value is -4.33. The van der Waals surface area contributed by atoms with Crippen molar-refractivity contribution in [1.29, 1.82) is 0 Å². The normalized spacial score (nSPS) is 15.1. The van der Waals surface area contributed by atoms with Gasteiger partial charge >= 0.3 is 0 Å². The number of anilines is 1. The fraction of sp³-hybridized carbons (Fsp3) is 0.0690. The molecule has 0 bridgehead atoms. The van der Waals surface area contributed by atoms with Crippen LogP contribution in [0.2, 0.25) is 10.0 Å². The van der Waals surface area contributed by atoms with Crippen LogP contribution in [0, 0.1) is 10.1 Å². The SMILES string of the molecule is O=[N+]([O-])c1cccc([C@H]2CC(c3ccc(Cl)cc3)=NN2c2nc(-c3ccccc3)c3cc(Cl)ccc3n2)c1. The van der Waals surface area contributed by atoms with Crippen molar-refractivity contribution in [2.24, 2.45) is 5.10 Å². The summed E-state index contributed by atoms with van der Waals surface area (Å²) in [6.45, 7) is 0. The molecule has 0 saturated heterocycles. The highest BCUT2D eigenvalue weighted by Crippen LogP contribution is 2.38. The van der Waals surface area contributed by atoms with Gasteiger partial charge in [0.05, 0.1) is 27.9 Å². The minimum atomic E-state index is -0.395. The number of aromatic nitrogens is 2. The minimum Gasteiger partial charge on any atom is -0.258 e. The molecule has 38 heavy (non-hydrogen) atoms. The molecule has 0 spiro atoms. The molecule has 0 amide bonds. The van der Waals surface area contributed by atoms with Gasteiger partial charge in [-0.2, -0.15) is 5.10 Å². The predicted molar refractivity (Wildman–Crippen MR) is 151 cm³/mol. The van der Waals surface area contributed by atoms with Gasteiger partial charge < -0.3 is 0 Å². The van der Waals surface area contributed by atoms with Crippen LogP contribution in [-0.2, 0) is 0 Å². The van der Waals surface area contributed by atoms with E-state index in [1.165, 1.54) is 6.07 Å². The maximum atomic E-state index is 11.5. The first-order valence-electron chi connectivity index (χ1n) is 11.9. The van der Waals surface area contributed by atoms with Gasteiger partial charge in [0, 0.05) is 39.5 Å². The van der Waals surface area contributed by atoms with E-state index in [-0.39, 0.29) is 11.7 Å². The van der Waals surface area contributed by atoms with Gasteiger partial charge in [0.25, 0.3) is 5.69 Å². The molecule has 1 aliphatic rings. The third kappa shape index (κ3) is 4.58. The molecule has 0 N–H and O–H groups in total. The van der Waals surface area contributed by atoms with Crippen LogP contribution in [0.1, 0.15) is 23.6 Å². The van der Waals surface area contributed by atoms with Crippen molar-refractivity contribution >= 4 is 51.5 Å². The summed E-state index contributed by atoms with van der Waals surface area (Å²) in [6, 6.07) is 29.0. The lowest BCUT2D eigenvalue weighted by Gasteiger charge is -2.23. The number of hydrogen-bond donors (Lipinski definition) is 0. The molecular weight excluding hydrogens is 521 g/mol. The van der Waals surface area contributed by atoms with Gasteiger partial charge in [-0.25, -0.2) is 15.0 Å². The molecule has 1 aromatic heterocycles. The lowest BCUT2D eigenvalue weighted by atomic mass is 9.98. The first kappa shape index (κ1) is 24.0. The van der Waals surface area contributed by atoms with Crippen LogP contribution >= 0.6 is 23.2 Å². The zero-order valence-corrected chi connectivity index (χ0v) is 21.3. The number of hydrogen-bond acceptors (Lipinski definition) is 6. The Morgan fingerprint density at radius 3 is 2.34 bits per heavy atom. The van der Waals surface area contributed by atoms with Crippen molar-refractivity contribution in [2.75, 3.05) is 5.01 Å². The summed E-state index contributed by atoms with van der Waals surface area (Å²) in [5, 5.41) is 20.3. The van der Waals surface area contributed by atoms with Crippen LogP contribution < -0.4 is 5.01 Å². The van der Waals surface area contributed by atoms with E-state index < -0.39 is 4.92 Å². The average Bonchev–Trinajstić information content (AvgIpc) is 3.39. The van der Waals surface area contributed by atoms with Crippen LogP contribution in [0.25, 0.3) is 22.2 Å². The average molecular weight is 540 g/mol. The number of fused-ring (bicyclic) bond motifs is 1. The van der Waals surface area contributed by atoms with Crippen LogP contribution in [0.4, 0.5) is 11.6 Å². The summed E-state index contributed by atoms with van der Waals surface area (Å²) < 4.78 is 0. The molecule has 0 unspecified atom stereocenters. The van der Waals surface area contributed by atoms with Crippen molar-refractivity contribution in [1.82, 2.24) is 9.97 Å². The van der Waals surface area contributed by atoms with Gasteiger partial charge in [0.1, 0.15) is 0 Å². The van der Waals surface area contributed by atoms with Crippen molar-refractivity contribution in [3.63, 3.8) is 0 Å². The predicted octanol–water partition coefficient (Wildman–Crippen LogP) is 7.87. The zero-order chi connectivity index (χ0) is 26.2. The Labute approximate surface area is 228 Å². The first-order valence-corrected chi connectivity index (χ1v) is 12.6. The van der Waals surface area contributed by atoms with E-state index in [1.807, 2.05) is 72.8 Å². The summed E-state index contributed by atoms with van der Waals surface area (Å²) in [6.07, 6.45) is 0.505. The molecule has 0 aliphatic carbocycles.